The predicted octanol–water partition coefficient (Wildman–Crippen LogP) is 2.59. The van der Waals surface area contributed by atoms with Crippen LogP contribution in [0.4, 0.5) is 0 Å². The van der Waals surface area contributed by atoms with Crippen molar-refractivity contribution >= 4 is 23.2 Å². The highest BCUT2D eigenvalue weighted by Gasteiger charge is 2.27. The van der Waals surface area contributed by atoms with Crippen LogP contribution in [0.2, 0.25) is 0 Å². The van der Waals surface area contributed by atoms with Crippen molar-refractivity contribution in [3.63, 3.8) is 0 Å². The fourth-order valence-corrected chi connectivity index (χ4v) is 5.05. The van der Waals surface area contributed by atoms with Gasteiger partial charge in [0, 0.05) is 55.5 Å². The van der Waals surface area contributed by atoms with Crippen LogP contribution in [0.5, 0.6) is 0 Å². The molecule has 6 nitrogen and oxygen atoms in total. The first-order valence-corrected chi connectivity index (χ1v) is 11.4. The summed E-state index contributed by atoms with van der Waals surface area (Å²) in [5.41, 5.74) is 2.96. The SMILES string of the molecule is Cc1cc(C(=O)N2CCN(CC(=O)N3CCCC3)CC2)c(C)n1Cc1cccs1. The van der Waals surface area contributed by atoms with Gasteiger partial charge in [-0.05, 0) is 44.2 Å². The standard InChI is InChI=1S/C22H30N4O2S/c1-17-14-20(18(2)26(17)15-19-6-5-13-29-19)22(28)25-11-9-23(10-12-25)16-21(27)24-7-3-4-8-24/h5-6,13-14H,3-4,7-12,15-16H2,1-2H3. The highest BCUT2D eigenvalue weighted by Crippen LogP contribution is 2.21. The molecule has 2 fully saturated rings. The van der Waals surface area contributed by atoms with Crippen LogP contribution in [0.25, 0.3) is 0 Å². The lowest BCUT2D eigenvalue weighted by atomic mass is 10.2. The number of carbonyl (C=O) groups is 2. The zero-order valence-electron chi connectivity index (χ0n) is 17.4. The predicted molar refractivity (Wildman–Crippen MR) is 115 cm³/mol. The lowest BCUT2D eigenvalue weighted by Gasteiger charge is -2.35. The number of amides is 2. The van der Waals surface area contributed by atoms with Crippen molar-refractivity contribution < 1.29 is 9.59 Å². The van der Waals surface area contributed by atoms with Crippen LogP contribution in [-0.4, -0.2) is 76.9 Å². The number of thiophene rings is 1. The molecule has 156 valence electrons. The maximum absolute atomic E-state index is 13.1. The second kappa shape index (κ2) is 8.71. The molecule has 2 aliphatic rings. The molecule has 0 N–H and O–H groups in total. The molecule has 0 bridgehead atoms. The van der Waals surface area contributed by atoms with E-state index in [-0.39, 0.29) is 11.8 Å². The van der Waals surface area contributed by atoms with E-state index in [0.29, 0.717) is 19.6 Å². The molecule has 29 heavy (non-hydrogen) atoms. The lowest BCUT2D eigenvalue weighted by Crippen LogP contribution is -2.51. The molecule has 7 heteroatoms. The number of aryl methyl sites for hydroxylation is 1. The van der Waals surface area contributed by atoms with E-state index in [0.717, 1.165) is 62.5 Å². The smallest absolute Gasteiger partial charge is 0.255 e. The molecular formula is C22H30N4O2S. The van der Waals surface area contributed by atoms with Crippen LogP contribution in [-0.2, 0) is 11.3 Å². The molecule has 0 atom stereocenters. The normalized spacial score (nSPS) is 17.9. The first-order valence-electron chi connectivity index (χ1n) is 10.5. The summed E-state index contributed by atoms with van der Waals surface area (Å²) in [5, 5.41) is 2.09. The molecule has 2 saturated heterocycles. The van der Waals surface area contributed by atoms with Crippen molar-refractivity contribution in [2.24, 2.45) is 0 Å². The van der Waals surface area contributed by atoms with Gasteiger partial charge >= 0.3 is 0 Å². The van der Waals surface area contributed by atoms with Gasteiger partial charge in [-0.25, -0.2) is 0 Å². The number of hydrogen-bond donors (Lipinski definition) is 0. The molecule has 0 unspecified atom stereocenters. The lowest BCUT2D eigenvalue weighted by molar-refractivity contribution is -0.131. The van der Waals surface area contributed by atoms with Crippen LogP contribution < -0.4 is 0 Å². The summed E-state index contributed by atoms with van der Waals surface area (Å²) in [4.78, 5) is 32.9. The van der Waals surface area contributed by atoms with Crippen molar-refractivity contribution in [1.29, 1.82) is 0 Å². The quantitative estimate of drug-likeness (QED) is 0.756. The van der Waals surface area contributed by atoms with Gasteiger partial charge in [-0.15, -0.1) is 11.3 Å². The number of carbonyl (C=O) groups excluding carboxylic acids is 2. The second-order valence-corrected chi connectivity index (χ2v) is 9.14. The molecule has 0 aromatic carbocycles. The molecular weight excluding hydrogens is 384 g/mol. The zero-order valence-corrected chi connectivity index (χ0v) is 18.2. The molecule has 2 aliphatic heterocycles. The third-order valence-electron chi connectivity index (χ3n) is 6.18. The van der Waals surface area contributed by atoms with E-state index in [4.69, 9.17) is 0 Å². The average Bonchev–Trinajstić information content (AvgIpc) is 3.47. The summed E-state index contributed by atoms with van der Waals surface area (Å²) in [5.74, 6) is 0.348. The van der Waals surface area contributed by atoms with E-state index in [2.05, 4.69) is 33.9 Å². The average molecular weight is 415 g/mol. The number of piperazine rings is 1. The summed E-state index contributed by atoms with van der Waals surface area (Å²) in [6.45, 7) is 10.1. The van der Waals surface area contributed by atoms with Crippen molar-refractivity contribution in [1.82, 2.24) is 19.3 Å². The third kappa shape index (κ3) is 4.41. The molecule has 4 heterocycles. The van der Waals surface area contributed by atoms with Crippen LogP contribution in [0.3, 0.4) is 0 Å². The Balaban J connectivity index is 1.35. The van der Waals surface area contributed by atoms with E-state index < -0.39 is 0 Å². The Bertz CT molecular complexity index is 860. The Morgan fingerprint density at radius 3 is 2.38 bits per heavy atom. The molecule has 2 amide bonds. The largest absolute Gasteiger partial charge is 0.343 e. The van der Waals surface area contributed by atoms with Gasteiger partial charge in [0.1, 0.15) is 0 Å². The van der Waals surface area contributed by atoms with E-state index in [1.165, 1.54) is 4.88 Å². The second-order valence-electron chi connectivity index (χ2n) is 8.11. The Labute approximate surface area is 176 Å². The van der Waals surface area contributed by atoms with Gasteiger partial charge in [0.05, 0.1) is 18.7 Å². The fourth-order valence-electron chi connectivity index (χ4n) is 4.36. The number of rotatable bonds is 5. The van der Waals surface area contributed by atoms with E-state index in [1.54, 1.807) is 11.3 Å². The first kappa shape index (κ1) is 20.2. The van der Waals surface area contributed by atoms with Gasteiger partial charge in [0.15, 0.2) is 0 Å². The maximum Gasteiger partial charge on any atom is 0.255 e. The minimum absolute atomic E-state index is 0.112. The fraction of sp³-hybridized carbons (Fsp3) is 0.545. The highest BCUT2D eigenvalue weighted by atomic mass is 32.1. The Morgan fingerprint density at radius 1 is 1.00 bits per heavy atom. The van der Waals surface area contributed by atoms with Crippen LogP contribution in [0, 0.1) is 13.8 Å². The van der Waals surface area contributed by atoms with Gasteiger partial charge in [-0.1, -0.05) is 6.07 Å². The van der Waals surface area contributed by atoms with Crippen LogP contribution >= 0.6 is 11.3 Å². The summed E-state index contributed by atoms with van der Waals surface area (Å²) < 4.78 is 2.23. The summed E-state index contributed by atoms with van der Waals surface area (Å²) in [6.07, 6.45) is 2.25. The van der Waals surface area contributed by atoms with Crippen LogP contribution in [0.15, 0.2) is 23.6 Å². The Hall–Kier alpha value is -2.12. The molecule has 0 aliphatic carbocycles. The minimum atomic E-state index is 0.112. The molecule has 2 aromatic rings. The van der Waals surface area contributed by atoms with Gasteiger partial charge < -0.3 is 14.4 Å². The first-order chi connectivity index (χ1) is 14.0. The molecule has 0 saturated carbocycles. The van der Waals surface area contributed by atoms with Gasteiger partial charge in [-0.3, -0.25) is 14.5 Å². The van der Waals surface area contributed by atoms with E-state index in [1.807, 2.05) is 22.8 Å². The van der Waals surface area contributed by atoms with E-state index >= 15 is 0 Å². The topological polar surface area (TPSA) is 48.8 Å². The summed E-state index contributed by atoms with van der Waals surface area (Å²) in [6, 6.07) is 6.22. The Kier molecular flexibility index (Phi) is 6.06. The number of nitrogens with zero attached hydrogens (tertiary/aromatic N) is 4. The number of hydrogen-bond acceptors (Lipinski definition) is 4. The maximum atomic E-state index is 13.1. The van der Waals surface area contributed by atoms with Crippen molar-refractivity contribution in [3.8, 4) is 0 Å². The monoisotopic (exact) mass is 414 g/mol. The van der Waals surface area contributed by atoms with Gasteiger partial charge in [0.2, 0.25) is 5.91 Å². The number of likely N-dealkylation sites (tertiary alicyclic amines) is 1. The van der Waals surface area contributed by atoms with Crippen molar-refractivity contribution in [2.75, 3.05) is 45.8 Å². The zero-order chi connectivity index (χ0) is 20.4. The Morgan fingerprint density at radius 2 is 1.72 bits per heavy atom. The molecule has 0 radical (unpaired) electrons. The molecule has 2 aromatic heterocycles. The van der Waals surface area contributed by atoms with Crippen molar-refractivity contribution in [2.45, 2.75) is 33.2 Å². The van der Waals surface area contributed by atoms with Gasteiger partial charge in [-0.2, -0.15) is 0 Å². The minimum Gasteiger partial charge on any atom is -0.343 e. The number of aromatic nitrogens is 1. The summed E-state index contributed by atoms with van der Waals surface area (Å²) >= 11 is 1.74. The van der Waals surface area contributed by atoms with E-state index in [9.17, 15) is 9.59 Å². The highest BCUT2D eigenvalue weighted by molar-refractivity contribution is 7.09. The third-order valence-corrected chi connectivity index (χ3v) is 7.04. The van der Waals surface area contributed by atoms with Crippen molar-refractivity contribution in [3.05, 3.63) is 45.4 Å². The summed E-state index contributed by atoms with van der Waals surface area (Å²) in [7, 11) is 0. The van der Waals surface area contributed by atoms with Crippen LogP contribution in [0.1, 0.15) is 39.5 Å². The molecule has 0 spiro atoms. The van der Waals surface area contributed by atoms with Gasteiger partial charge in [0.25, 0.3) is 5.91 Å². The molecule has 4 rings (SSSR count).